The molecule has 0 radical (unpaired) electrons. The third kappa shape index (κ3) is 4.74. The Hall–Kier alpha value is -0.660. The summed E-state index contributed by atoms with van der Waals surface area (Å²) in [6.45, 7) is -0.326. The lowest BCUT2D eigenvalue weighted by Crippen LogP contribution is -2.25. The molecule has 0 aromatic rings. The first kappa shape index (κ1) is 14.7. The van der Waals surface area contributed by atoms with E-state index in [9.17, 15) is 9.18 Å². The molecule has 0 unspecified atom stereocenters. The Bertz CT molecular complexity index is 292. The normalized spacial score (nSPS) is 30.1. The molecule has 2 saturated carbocycles. The Kier molecular flexibility index (Phi) is 6.06. The van der Waals surface area contributed by atoms with Crippen molar-refractivity contribution in [3.8, 4) is 0 Å². The number of carbonyl (C=O) groups is 1. The van der Waals surface area contributed by atoms with Crippen LogP contribution in [0.5, 0.6) is 0 Å². The van der Waals surface area contributed by atoms with Gasteiger partial charge >= 0.3 is 0 Å². The number of alkyl halides is 1. The molecule has 0 aliphatic heterocycles. The second-order valence-corrected chi connectivity index (χ2v) is 6.36. The smallest absolute Gasteiger partial charge is 0.132 e. The molecular weight excluding hydrogens is 239 g/mol. The van der Waals surface area contributed by atoms with Crippen LogP contribution in [0.3, 0.4) is 0 Å². The van der Waals surface area contributed by atoms with Gasteiger partial charge in [0, 0.05) is 12.8 Å². The molecule has 0 saturated heterocycles. The van der Waals surface area contributed by atoms with Crippen molar-refractivity contribution in [1.82, 2.24) is 0 Å². The van der Waals surface area contributed by atoms with Crippen molar-refractivity contribution in [3.05, 3.63) is 12.2 Å². The summed E-state index contributed by atoms with van der Waals surface area (Å²) in [5.41, 5.74) is 0. The molecular formula is C17H27FO. The van der Waals surface area contributed by atoms with Crippen LogP contribution in [0.4, 0.5) is 4.39 Å². The molecule has 0 bridgehead atoms. The molecule has 0 spiro atoms. The van der Waals surface area contributed by atoms with Gasteiger partial charge in [-0.15, -0.1) is 0 Å². The van der Waals surface area contributed by atoms with Crippen molar-refractivity contribution in [1.29, 1.82) is 0 Å². The number of ketones is 1. The molecule has 19 heavy (non-hydrogen) atoms. The van der Waals surface area contributed by atoms with Crippen LogP contribution in [0.15, 0.2) is 12.2 Å². The quantitative estimate of drug-likeness (QED) is 0.650. The van der Waals surface area contributed by atoms with Crippen molar-refractivity contribution in [3.63, 3.8) is 0 Å². The van der Waals surface area contributed by atoms with Crippen LogP contribution in [0.1, 0.15) is 64.2 Å². The number of hydrogen-bond donors (Lipinski definition) is 0. The molecule has 0 atom stereocenters. The Balaban J connectivity index is 1.64. The monoisotopic (exact) mass is 266 g/mol. The number of halogens is 1. The Labute approximate surface area is 116 Å². The average Bonchev–Trinajstić information content (AvgIpc) is 2.45. The molecule has 0 amide bonds. The van der Waals surface area contributed by atoms with E-state index in [1.165, 1.54) is 32.1 Å². The molecule has 2 fully saturated rings. The Morgan fingerprint density at radius 1 is 0.947 bits per heavy atom. The van der Waals surface area contributed by atoms with Crippen LogP contribution < -0.4 is 0 Å². The predicted octanol–water partition coefficient (Wildman–Crippen LogP) is 4.86. The lowest BCUT2D eigenvalue weighted by molar-refractivity contribution is -0.121. The second kappa shape index (κ2) is 7.81. The summed E-state index contributed by atoms with van der Waals surface area (Å²) in [5, 5.41) is 0. The molecule has 2 aliphatic rings. The van der Waals surface area contributed by atoms with E-state index in [4.69, 9.17) is 0 Å². The van der Waals surface area contributed by atoms with E-state index in [0.29, 0.717) is 5.78 Å². The van der Waals surface area contributed by atoms with Gasteiger partial charge in [-0.1, -0.05) is 25.0 Å². The maximum atomic E-state index is 11.9. The first-order chi connectivity index (χ1) is 9.29. The van der Waals surface area contributed by atoms with E-state index in [0.717, 1.165) is 49.9 Å². The van der Waals surface area contributed by atoms with Gasteiger partial charge in [-0.25, -0.2) is 4.39 Å². The van der Waals surface area contributed by atoms with Gasteiger partial charge in [-0.3, -0.25) is 4.79 Å². The van der Waals surface area contributed by atoms with E-state index < -0.39 is 0 Å². The topological polar surface area (TPSA) is 17.1 Å². The first-order valence-corrected chi connectivity index (χ1v) is 8.02. The van der Waals surface area contributed by atoms with E-state index in [2.05, 4.69) is 0 Å². The van der Waals surface area contributed by atoms with Gasteiger partial charge in [-0.05, 0) is 56.3 Å². The van der Waals surface area contributed by atoms with Gasteiger partial charge < -0.3 is 0 Å². The minimum Gasteiger partial charge on any atom is -0.300 e. The highest BCUT2D eigenvalue weighted by Gasteiger charge is 2.29. The molecule has 0 heterocycles. The summed E-state index contributed by atoms with van der Waals surface area (Å²) in [4.78, 5) is 11.3. The molecule has 0 N–H and O–H groups in total. The van der Waals surface area contributed by atoms with Crippen LogP contribution in [0.2, 0.25) is 0 Å². The molecule has 2 heteroatoms. The van der Waals surface area contributed by atoms with Crippen molar-refractivity contribution in [2.24, 2.45) is 17.8 Å². The van der Waals surface area contributed by atoms with Gasteiger partial charge in [0.05, 0.1) is 0 Å². The fourth-order valence-corrected chi connectivity index (χ4v) is 3.89. The largest absolute Gasteiger partial charge is 0.300 e. The fraction of sp³-hybridized carbons (Fsp3) is 0.824. The summed E-state index contributed by atoms with van der Waals surface area (Å²) in [6, 6.07) is 0. The van der Waals surface area contributed by atoms with E-state index >= 15 is 0 Å². The molecule has 0 aromatic carbocycles. The van der Waals surface area contributed by atoms with Gasteiger partial charge in [0.2, 0.25) is 0 Å². The highest BCUT2D eigenvalue weighted by atomic mass is 19.1. The lowest BCUT2D eigenvalue weighted by Gasteiger charge is -2.35. The highest BCUT2D eigenvalue weighted by molar-refractivity contribution is 5.79. The van der Waals surface area contributed by atoms with Crippen LogP contribution in [0, 0.1) is 17.8 Å². The second-order valence-electron chi connectivity index (χ2n) is 6.36. The minimum atomic E-state index is -0.326. The van der Waals surface area contributed by atoms with E-state index in [-0.39, 0.29) is 6.67 Å². The molecule has 0 aromatic heterocycles. The summed E-state index contributed by atoms with van der Waals surface area (Å²) in [5.74, 6) is 3.03. The maximum absolute atomic E-state index is 11.9. The molecule has 2 aliphatic carbocycles. The SMILES string of the molecule is O=C1CCC(C2CCC(CCC=CCF)CC2)CC1. The van der Waals surface area contributed by atoms with E-state index in [1.807, 2.05) is 6.08 Å². The highest BCUT2D eigenvalue weighted by Crippen LogP contribution is 2.40. The standard InChI is InChI=1S/C17H27FO/c18-13-3-1-2-4-14-5-7-15(8-6-14)16-9-11-17(19)12-10-16/h1,3,14-16H,2,4-13H2. The molecule has 108 valence electrons. The van der Waals surface area contributed by atoms with Crippen LogP contribution in [0.25, 0.3) is 0 Å². The first-order valence-electron chi connectivity index (χ1n) is 8.02. The third-order valence-corrected chi connectivity index (χ3v) is 5.14. The minimum absolute atomic E-state index is 0.326. The lowest BCUT2D eigenvalue weighted by atomic mass is 9.70. The number of allylic oxidation sites excluding steroid dienone is 2. The van der Waals surface area contributed by atoms with Gasteiger partial charge in [0.1, 0.15) is 12.5 Å². The summed E-state index contributed by atoms with van der Waals surface area (Å²) in [6.07, 6.45) is 15.2. The Morgan fingerprint density at radius 3 is 2.21 bits per heavy atom. The zero-order chi connectivity index (χ0) is 13.5. The third-order valence-electron chi connectivity index (χ3n) is 5.14. The van der Waals surface area contributed by atoms with Crippen LogP contribution in [-0.4, -0.2) is 12.5 Å². The van der Waals surface area contributed by atoms with Crippen molar-refractivity contribution in [2.45, 2.75) is 64.2 Å². The van der Waals surface area contributed by atoms with Gasteiger partial charge in [0.25, 0.3) is 0 Å². The molecule has 2 rings (SSSR count). The van der Waals surface area contributed by atoms with Crippen molar-refractivity contribution in [2.75, 3.05) is 6.67 Å². The number of hydrogen-bond acceptors (Lipinski definition) is 1. The number of Topliss-reactive ketones (excluding diaryl/α,β-unsaturated/α-hetero) is 1. The predicted molar refractivity (Wildman–Crippen MR) is 76.8 cm³/mol. The zero-order valence-electron chi connectivity index (χ0n) is 12.0. The van der Waals surface area contributed by atoms with Crippen molar-refractivity contribution >= 4 is 5.78 Å². The van der Waals surface area contributed by atoms with Gasteiger partial charge in [0.15, 0.2) is 0 Å². The van der Waals surface area contributed by atoms with Crippen LogP contribution in [-0.2, 0) is 4.79 Å². The van der Waals surface area contributed by atoms with Crippen molar-refractivity contribution < 1.29 is 9.18 Å². The maximum Gasteiger partial charge on any atom is 0.132 e. The summed E-state index contributed by atoms with van der Waals surface area (Å²) < 4.78 is 11.9. The van der Waals surface area contributed by atoms with Crippen LogP contribution >= 0.6 is 0 Å². The summed E-state index contributed by atoms with van der Waals surface area (Å²) >= 11 is 0. The van der Waals surface area contributed by atoms with Gasteiger partial charge in [-0.2, -0.15) is 0 Å². The number of rotatable bonds is 5. The average molecular weight is 266 g/mol. The zero-order valence-corrected chi connectivity index (χ0v) is 12.0. The molecule has 1 nitrogen and oxygen atoms in total. The fourth-order valence-electron chi connectivity index (χ4n) is 3.89. The number of carbonyl (C=O) groups excluding carboxylic acids is 1. The Morgan fingerprint density at radius 2 is 1.58 bits per heavy atom. The summed E-state index contributed by atoms with van der Waals surface area (Å²) in [7, 11) is 0. The van der Waals surface area contributed by atoms with E-state index in [1.54, 1.807) is 6.08 Å².